The molecule has 6 nitrogen and oxygen atoms in total. The van der Waals surface area contributed by atoms with Crippen molar-refractivity contribution < 1.29 is 15.0 Å². The van der Waals surface area contributed by atoms with Crippen LogP contribution in [0.3, 0.4) is 0 Å². The van der Waals surface area contributed by atoms with Crippen molar-refractivity contribution in [1.82, 2.24) is 0 Å². The number of carbonyl (C=O) groups is 1. The molecule has 6 heteroatoms. The number of hydrogen-bond donors (Lipinski definition) is 2. The van der Waals surface area contributed by atoms with Crippen molar-refractivity contribution in [1.29, 1.82) is 0 Å². The molecule has 2 N–H and O–H groups in total. The maximum Gasteiger partial charge on any atom is 0.336 e. The molecule has 0 amide bonds. The Bertz CT molecular complexity index is 785. The van der Waals surface area contributed by atoms with Gasteiger partial charge < -0.3 is 10.2 Å². The third kappa shape index (κ3) is 3.30. The molecule has 2 aromatic carbocycles. The minimum Gasteiger partial charge on any atom is -0.504 e. The van der Waals surface area contributed by atoms with Crippen molar-refractivity contribution in [2.24, 2.45) is 10.2 Å². The summed E-state index contributed by atoms with van der Waals surface area (Å²) >= 11 is 0. The Balaban J connectivity index is 2.39. The standard InChI is InChI=1S/C15H12N2O4/c1-9-11(15(20)21)3-2-4-12(9)17-16-10-5-7-13(18)14(19)8-6-10/h2-8H,1H3,(H,18,19)(H,20,21). The van der Waals surface area contributed by atoms with Gasteiger partial charge in [-0.25, -0.2) is 4.79 Å². The van der Waals surface area contributed by atoms with E-state index in [1.807, 2.05) is 0 Å². The Hall–Kier alpha value is -3.02. The molecule has 0 aliphatic rings. The van der Waals surface area contributed by atoms with E-state index in [1.54, 1.807) is 19.1 Å². The van der Waals surface area contributed by atoms with Gasteiger partial charge in [-0.1, -0.05) is 6.07 Å². The fraction of sp³-hybridized carbons (Fsp3) is 0.0667. The molecular formula is C15H12N2O4. The topological polar surface area (TPSA) is 99.3 Å². The van der Waals surface area contributed by atoms with Gasteiger partial charge in [0.25, 0.3) is 0 Å². The number of hydrogen-bond acceptors (Lipinski definition) is 5. The maximum absolute atomic E-state index is 11.2. The highest BCUT2D eigenvalue weighted by atomic mass is 16.4. The number of carboxylic acids is 1. The molecule has 0 bridgehead atoms. The van der Waals surface area contributed by atoms with Gasteiger partial charge in [0.2, 0.25) is 5.43 Å². The van der Waals surface area contributed by atoms with Crippen molar-refractivity contribution in [3.63, 3.8) is 0 Å². The first-order valence-electron chi connectivity index (χ1n) is 6.07. The van der Waals surface area contributed by atoms with Gasteiger partial charge in [-0.2, -0.15) is 10.2 Å². The van der Waals surface area contributed by atoms with Crippen LogP contribution in [-0.2, 0) is 0 Å². The highest BCUT2D eigenvalue weighted by Gasteiger charge is 2.09. The summed E-state index contributed by atoms with van der Waals surface area (Å²) in [5.41, 5.74) is 0.937. The lowest BCUT2D eigenvalue weighted by Crippen LogP contribution is -1.98. The quantitative estimate of drug-likeness (QED) is 0.845. The molecule has 2 aromatic rings. The van der Waals surface area contributed by atoms with Gasteiger partial charge in [-0.3, -0.25) is 4.79 Å². The number of azo groups is 1. The molecule has 0 aliphatic carbocycles. The first kappa shape index (κ1) is 14.4. The highest BCUT2D eigenvalue weighted by Crippen LogP contribution is 2.24. The SMILES string of the molecule is Cc1c(N=Nc2ccc(O)c(=O)cc2)cccc1C(=O)O. The van der Waals surface area contributed by atoms with Crippen LogP contribution in [-0.4, -0.2) is 16.2 Å². The Morgan fingerprint density at radius 2 is 1.76 bits per heavy atom. The summed E-state index contributed by atoms with van der Waals surface area (Å²) in [5, 5.41) is 26.2. The molecule has 106 valence electrons. The summed E-state index contributed by atoms with van der Waals surface area (Å²) in [4.78, 5) is 22.3. The number of rotatable bonds is 3. The molecule has 0 radical (unpaired) electrons. The monoisotopic (exact) mass is 284 g/mol. The second-order valence-corrected chi connectivity index (χ2v) is 4.30. The van der Waals surface area contributed by atoms with Gasteiger partial charge in [0.1, 0.15) is 0 Å². The van der Waals surface area contributed by atoms with E-state index in [4.69, 9.17) is 5.11 Å². The third-order valence-corrected chi connectivity index (χ3v) is 2.88. The summed E-state index contributed by atoms with van der Waals surface area (Å²) in [5.74, 6) is -1.41. The summed E-state index contributed by atoms with van der Waals surface area (Å²) in [7, 11) is 0. The molecule has 0 atom stereocenters. The van der Waals surface area contributed by atoms with Crippen LogP contribution in [0.1, 0.15) is 15.9 Å². The van der Waals surface area contributed by atoms with Crippen LogP contribution in [0.25, 0.3) is 0 Å². The third-order valence-electron chi connectivity index (χ3n) is 2.88. The summed E-state index contributed by atoms with van der Waals surface area (Å²) in [6.45, 7) is 1.64. The Labute approximate surface area is 120 Å². The Morgan fingerprint density at radius 1 is 1.05 bits per heavy atom. The zero-order valence-electron chi connectivity index (χ0n) is 11.1. The van der Waals surface area contributed by atoms with E-state index >= 15 is 0 Å². The van der Waals surface area contributed by atoms with Crippen LogP contribution in [0.5, 0.6) is 5.75 Å². The number of nitrogens with zero attached hydrogens (tertiary/aromatic N) is 2. The second-order valence-electron chi connectivity index (χ2n) is 4.30. The van der Waals surface area contributed by atoms with Gasteiger partial charge in [0.15, 0.2) is 5.75 Å². The molecule has 0 saturated carbocycles. The summed E-state index contributed by atoms with van der Waals surface area (Å²) < 4.78 is 0. The van der Waals surface area contributed by atoms with Crippen molar-refractivity contribution >= 4 is 17.3 Å². The number of carboxylic acid groups (broad SMARTS) is 1. The van der Waals surface area contributed by atoms with Crippen molar-refractivity contribution in [2.45, 2.75) is 6.92 Å². The van der Waals surface area contributed by atoms with Crippen LogP contribution in [0.2, 0.25) is 0 Å². The van der Waals surface area contributed by atoms with E-state index in [2.05, 4.69) is 10.2 Å². The molecule has 0 saturated heterocycles. The number of benzene rings is 1. The molecular weight excluding hydrogens is 272 g/mol. The van der Waals surface area contributed by atoms with Crippen LogP contribution in [0.4, 0.5) is 11.4 Å². The molecule has 0 spiro atoms. The van der Waals surface area contributed by atoms with Gasteiger partial charge in [0, 0.05) is 0 Å². The average Bonchev–Trinajstić information content (AvgIpc) is 2.61. The zero-order chi connectivity index (χ0) is 15.4. The van der Waals surface area contributed by atoms with E-state index < -0.39 is 11.4 Å². The molecule has 0 aliphatic heterocycles. The summed E-state index contributed by atoms with van der Waals surface area (Å²) in [6.07, 6.45) is 0. The Kier molecular flexibility index (Phi) is 4.08. The fourth-order valence-corrected chi connectivity index (χ4v) is 1.69. The lowest BCUT2D eigenvalue weighted by Gasteiger charge is -2.02. The van der Waals surface area contributed by atoms with E-state index in [1.165, 1.54) is 30.3 Å². The van der Waals surface area contributed by atoms with E-state index in [9.17, 15) is 14.7 Å². The predicted octanol–water partition coefficient (Wildman–Crippen LogP) is 3.17. The molecule has 0 unspecified atom stereocenters. The van der Waals surface area contributed by atoms with Crippen LogP contribution in [0, 0.1) is 6.92 Å². The van der Waals surface area contributed by atoms with E-state index in [0.717, 1.165) is 0 Å². The molecule has 0 heterocycles. The molecule has 21 heavy (non-hydrogen) atoms. The zero-order valence-corrected chi connectivity index (χ0v) is 11.1. The lowest BCUT2D eigenvalue weighted by atomic mass is 10.1. The number of aromatic carboxylic acids is 1. The minimum absolute atomic E-state index is 0.157. The van der Waals surface area contributed by atoms with E-state index in [-0.39, 0.29) is 11.3 Å². The van der Waals surface area contributed by atoms with Gasteiger partial charge in [0.05, 0.1) is 16.9 Å². The van der Waals surface area contributed by atoms with Gasteiger partial charge in [-0.05, 0) is 48.9 Å². The fourth-order valence-electron chi connectivity index (χ4n) is 1.69. The predicted molar refractivity (Wildman–Crippen MR) is 76.7 cm³/mol. The molecule has 0 fully saturated rings. The van der Waals surface area contributed by atoms with Crippen molar-refractivity contribution in [3.8, 4) is 5.75 Å². The van der Waals surface area contributed by atoms with E-state index in [0.29, 0.717) is 16.9 Å². The average molecular weight is 284 g/mol. The van der Waals surface area contributed by atoms with Crippen LogP contribution in [0.15, 0.2) is 57.5 Å². The first-order chi connectivity index (χ1) is 9.99. The Morgan fingerprint density at radius 3 is 2.48 bits per heavy atom. The largest absolute Gasteiger partial charge is 0.504 e. The van der Waals surface area contributed by atoms with Gasteiger partial charge in [-0.15, -0.1) is 0 Å². The first-order valence-corrected chi connectivity index (χ1v) is 6.07. The van der Waals surface area contributed by atoms with Crippen LogP contribution >= 0.6 is 0 Å². The summed E-state index contributed by atoms with van der Waals surface area (Å²) in [6, 6.07) is 9.99. The second kappa shape index (κ2) is 5.96. The molecule has 0 aromatic heterocycles. The lowest BCUT2D eigenvalue weighted by molar-refractivity contribution is 0.0696. The van der Waals surface area contributed by atoms with Gasteiger partial charge >= 0.3 is 5.97 Å². The maximum atomic E-state index is 11.2. The normalized spacial score (nSPS) is 10.7. The minimum atomic E-state index is -1.03. The smallest absolute Gasteiger partial charge is 0.336 e. The number of aromatic hydroxyl groups is 1. The highest BCUT2D eigenvalue weighted by molar-refractivity contribution is 5.90. The molecule has 2 rings (SSSR count). The van der Waals surface area contributed by atoms with Crippen molar-refractivity contribution in [3.05, 3.63) is 63.8 Å². The van der Waals surface area contributed by atoms with Crippen LogP contribution < -0.4 is 5.43 Å². The van der Waals surface area contributed by atoms with Crippen molar-refractivity contribution in [2.75, 3.05) is 0 Å².